The zero-order valence-corrected chi connectivity index (χ0v) is 11.5. The molecule has 0 aliphatic carbocycles. The van der Waals surface area contributed by atoms with Crippen molar-refractivity contribution in [3.05, 3.63) is 22.7 Å². The van der Waals surface area contributed by atoms with Crippen molar-refractivity contribution in [3.8, 4) is 11.5 Å². The van der Waals surface area contributed by atoms with Crippen LogP contribution in [-0.4, -0.2) is 25.8 Å². The lowest BCUT2D eigenvalue weighted by Gasteiger charge is -2.11. The average molecular weight is 303 g/mol. The van der Waals surface area contributed by atoms with E-state index in [0.717, 1.165) is 4.47 Å². The molecule has 94 valence electrons. The van der Waals surface area contributed by atoms with Crippen LogP contribution < -0.4 is 9.47 Å². The predicted molar refractivity (Wildman–Crippen MR) is 67.4 cm³/mol. The van der Waals surface area contributed by atoms with Gasteiger partial charge in [-0.25, -0.2) is 4.79 Å². The van der Waals surface area contributed by atoms with Crippen LogP contribution in [0.2, 0.25) is 0 Å². The van der Waals surface area contributed by atoms with Gasteiger partial charge in [0.1, 0.15) is 0 Å². The minimum Gasteiger partial charge on any atom is -0.490 e. The van der Waals surface area contributed by atoms with Crippen LogP contribution in [0.15, 0.2) is 22.7 Å². The van der Waals surface area contributed by atoms with Crippen LogP contribution in [0.25, 0.3) is 0 Å². The normalized spacial score (nSPS) is 9.82. The lowest BCUT2D eigenvalue weighted by molar-refractivity contribution is -0.145. The fourth-order valence-corrected chi connectivity index (χ4v) is 1.55. The lowest BCUT2D eigenvalue weighted by Crippen LogP contribution is -2.15. The highest BCUT2D eigenvalue weighted by atomic mass is 79.9. The third kappa shape index (κ3) is 4.65. The molecule has 0 amide bonds. The fraction of sp³-hybridized carbons (Fsp3) is 0.417. The van der Waals surface area contributed by atoms with Crippen molar-refractivity contribution in [1.82, 2.24) is 0 Å². The quantitative estimate of drug-likeness (QED) is 0.758. The van der Waals surface area contributed by atoms with Gasteiger partial charge in [-0.1, -0.05) is 15.9 Å². The van der Waals surface area contributed by atoms with Crippen LogP contribution in [0.1, 0.15) is 13.8 Å². The van der Waals surface area contributed by atoms with E-state index in [0.29, 0.717) is 24.7 Å². The molecule has 0 fully saturated rings. The van der Waals surface area contributed by atoms with E-state index in [1.54, 1.807) is 19.1 Å². The van der Waals surface area contributed by atoms with Gasteiger partial charge >= 0.3 is 5.97 Å². The number of carbonyl (C=O) groups excluding carboxylic acids is 1. The van der Waals surface area contributed by atoms with E-state index in [1.165, 1.54) is 0 Å². The summed E-state index contributed by atoms with van der Waals surface area (Å²) in [4.78, 5) is 11.2. The van der Waals surface area contributed by atoms with Crippen LogP contribution >= 0.6 is 15.9 Å². The lowest BCUT2D eigenvalue weighted by atomic mass is 10.3. The van der Waals surface area contributed by atoms with Crippen molar-refractivity contribution >= 4 is 21.9 Å². The number of carbonyl (C=O) groups is 1. The first-order chi connectivity index (χ1) is 8.17. The highest BCUT2D eigenvalue weighted by molar-refractivity contribution is 9.10. The first-order valence-electron chi connectivity index (χ1n) is 5.38. The van der Waals surface area contributed by atoms with Gasteiger partial charge in [0.2, 0.25) is 0 Å². The Labute approximate surface area is 109 Å². The molecule has 0 saturated heterocycles. The zero-order chi connectivity index (χ0) is 12.7. The van der Waals surface area contributed by atoms with Crippen molar-refractivity contribution in [1.29, 1.82) is 0 Å². The molecule has 1 aromatic rings. The van der Waals surface area contributed by atoms with Gasteiger partial charge in [0, 0.05) is 4.47 Å². The van der Waals surface area contributed by atoms with E-state index in [2.05, 4.69) is 15.9 Å². The Morgan fingerprint density at radius 1 is 1.18 bits per heavy atom. The summed E-state index contributed by atoms with van der Waals surface area (Å²) in [5.74, 6) is 0.743. The molecule has 0 aliphatic rings. The van der Waals surface area contributed by atoms with Gasteiger partial charge in [0.25, 0.3) is 0 Å². The number of esters is 1. The minimum atomic E-state index is -0.391. The molecule has 0 unspecified atom stereocenters. The Morgan fingerprint density at radius 3 is 2.59 bits per heavy atom. The van der Waals surface area contributed by atoms with Crippen LogP contribution in [-0.2, 0) is 9.53 Å². The van der Waals surface area contributed by atoms with Crippen LogP contribution in [0.3, 0.4) is 0 Å². The summed E-state index contributed by atoms with van der Waals surface area (Å²) in [6.07, 6.45) is 0. The summed E-state index contributed by atoms with van der Waals surface area (Å²) in [5.41, 5.74) is 0. The molecule has 0 heterocycles. The summed E-state index contributed by atoms with van der Waals surface area (Å²) < 4.78 is 16.4. The zero-order valence-electron chi connectivity index (χ0n) is 9.86. The van der Waals surface area contributed by atoms with Gasteiger partial charge in [0.05, 0.1) is 13.2 Å². The standard InChI is InChI=1S/C12H15BrO4/c1-3-15-11-7-9(13)5-6-10(11)17-8-12(14)16-4-2/h5-7H,3-4,8H2,1-2H3. The highest BCUT2D eigenvalue weighted by Gasteiger charge is 2.08. The molecule has 0 bridgehead atoms. The molecule has 1 aromatic carbocycles. The number of ether oxygens (including phenoxy) is 3. The third-order valence-corrected chi connectivity index (χ3v) is 2.35. The molecular formula is C12H15BrO4. The number of rotatable bonds is 6. The van der Waals surface area contributed by atoms with E-state index >= 15 is 0 Å². The summed E-state index contributed by atoms with van der Waals surface area (Å²) in [6, 6.07) is 5.36. The Morgan fingerprint density at radius 2 is 1.94 bits per heavy atom. The van der Waals surface area contributed by atoms with Crippen molar-refractivity contribution in [2.45, 2.75) is 13.8 Å². The Hall–Kier alpha value is -1.23. The van der Waals surface area contributed by atoms with Gasteiger partial charge in [-0.15, -0.1) is 0 Å². The third-order valence-electron chi connectivity index (χ3n) is 1.86. The average Bonchev–Trinajstić information content (AvgIpc) is 2.29. The fourth-order valence-electron chi connectivity index (χ4n) is 1.21. The number of hydrogen-bond acceptors (Lipinski definition) is 4. The van der Waals surface area contributed by atoms with Gasteiger partial charge in [-0.3, -0.25) is 0 Å². The molecule has 0 aromatic heterocycles. The van der Waals surface area contributed by atoms with E-state index < -0.39 is 5.97 Å². The number of benzene rings is 1. The van der Waals surface area contributed by atoms with E-state index in [1.807, 2.05) is 13.0 Å². The van der Waals surface area contributed by atoms with Gasteiger partial charge in [0.15, 0.2) is 18.1 Å². The Balaban J connectivity index is 2.66. The van der Waals surface area contributed by atoms with Crippen molar-refractivity contribution in [3.63, 3.8) is 0 Å². The SMILES string of the molecule is CCOC(=O)COc1ccc(Br)cc1OCC. The van der Waals surface area contributed by atoms with E-state index in [9.17, 15) is 4.79 Å². The molecule has 0 spiro atoms. The van der Waals surface area contributed by atoms with Crippen LogP contribution in [0.4, 0.5) is 0 Å². The maximum Gasteiger partial charge on any atom is 0.344 e. The van der Waals surface area contributed by atoms with Gasteiger partial charge < -0.3 is 14.2 Å². The molecule has 0 N–H and O–H groups in total. The minimum absolute atomic E-state index is 0.116. The molecule has 0 radical (unpaired) electrons. The van der Waals surface area contributed by atoms with Gasteiger partial charge in [-0.2, -0.15) is 0 Å². The summed E-state index contributed by atoms with van der Waals surface area (Å²) >= 11 is 3.34. The van der Waals surface area contributed by atoms with Crippen molar-refractivity contribution < 1.29 is 19.0 Å². The summed E-state index contributed by atoms with van der Waals surface area (Å²) in [5, 5.41) is 0. The van der Waals surface area contributed by atoms with Crippen LogP contribution in [0, 0.1) is 0 Å². The summed E-state index contributed by atoms with van der Waals surface area (Å²) in [6.45, 7) is 4.40. The largest absolute Gasteiger partial charge is 0.490 e. The maximum atomic E-state index is 11.2. The monoisotopic (exact) mass is 302 g/mol. The predicted octanol–water partition coefficient (Wildman–Crippen LogP) is 2.79. The Bertz CT molecular complexity index is 379. The second kappa shape index (κ2) is 7.17. The van der Waals surface area contributed by atoms with Gasteiger partial charge in [-0.05, 0) is 32.0 Å². The smallest absolute Gasteiger partial charge is 0.344 e. The maximum absolute atomic E-state index is 11.2. The molecule has 0 saturated carbocycles. The Kier molecular flexibility index (Phi) is 5.83. The van der Waals surface area contributed by atoms with Crippen molar-refractivity contribution in [2.24, 2.45) is 0 Å². The number of hydrogen-bond donors (Lipinski definition) is 0. The first-order valence-corrected chi connectivity index (χ1v) is 6.17. The first kappa shape index (κ1) is 13.8. The topological polar surface area (TPSA) is 44.8 Å². The molecular weight excluding hydrogens is 288 g/mol. The van der Waals surface area contributed by atoms with Crippen LogP contribution in [0.5, 0.6) is 11.5 Å². The molecule has 0 atom stereocenters. The molecule has 4 nitrogen and oxygen atoms in total. The summed E-state index contributed by atoms with van der Waals surface area (Å²) in [7, 11) is 0. The second-order valence-corrected chi connectivity index (χ2v) is 4.03. The molecule has 5 heteroatoms. The van der Waals surface area contributed by atoms with E-state index in [4.69, 9.17) is 14.2 Å². The molecule has 0 aliphatic heterocycles. The second-order valence-electron chi connectivity index (χ2n) is 3.12. The van der Waals surface area contributed by atoms with E-state index in [-0.39, 0.29) is 6.61 Å². The molecule has 17 heavy (non-hydrogen) atoms. The number of halogens is 1. The molecule has 1 rings (SSSR count). The highest BCUT2D eigenvalue weighted by Crippen LogP contribution is 2.30. The van der Waals surface area contributed by atoms with Crippen molar-refractivity contribution in [2.75, 3.05) is 19.8 Å².